The Bertz CT molecular complexity index is 872. The smallest absolute Gasteiger partial charge is 0.302 e. The molecule has 29 heavy (non-hydrogen) atoms. The van der Waals surface area contributed by atoms with Crippen LogP contribution < -0.4 is 0 Å². The molecule has 5 rings (SSSR count). The van der Waals surface area contributed by atoms with Gasteiger partial charge in [-0.1, -0.05) is 37.6 Å². The molecule has 0 radical (unpaired) electrons. The summed E-state index contributed by atoms with van der Waals surface area (Å²) in [7, 11) is 0. The summed E-state index contributed by atoms with van der Waals surface area (Å²) in [5, 5.41) is 0. The van der Waals surface area contributed by atoms with Gasteiger partial charge in [0.25, 0.3) is 0 Å². The molecule has 0 bridgehead atoms. The SMILES string of the molecule is CC(=O)OC1CCC2(C)C(=CC[C@@H]3C2CC[C@]2(C)C(c4cccnc4)=CCC32)C1. The second-order valence-corrected chi connectivity index (χ2v) is 10.3. The number of rotatable bonds is 2. The molecule has 0 aromatic carbocycles. The zero-order chi connectivity index (χ0) is 20.2. The maximum atomic E-state index is 11.4. The van der Waals surface area contributed by atoms with Gasteiger partial charge in [-0.15, -0.1) is 0 Å². The normalized spacial score (nSPS) is 40.8. The number of hydrogen-bond acceptors (Lipinski definition) is 3. The van der Waals surface area contributed by atoms with Crippen molar-refractivity contribution in [2.75, 3.05) is 0 Å². The maximum absolute atomic E-state index is 11.4. The minimum atomic E-state index is -0.138. The lowest BCUT2D eigenvalue weighted by Crippen LogP contribution is -2.50. The van der Waals surface area contributed by atoms with Crippen LogP contribution >= 0.6 is 0 Å². The van der Waals surface area contributed by atoms with Gasteiger partial charge in [-0.2, -0.15) is 0 Å². The molecule has 4 aliphatic carbocycles. The largest absolute Gasteiger partial charge is 0.462 e. The highest BCUT2D eigenvalue weighted by Gasteiger charge is 2.56. The third kappa shape index (κ3) is 2.92. The van der Waals surface area contributed by atoms with E-state index in [-0.39, 0.29) is 22.9 Å². The van der Waals surface area contributed by atoms with Gasteiger partial charge in [0.05, 0.1) is 0 Å². The van der Waals surface area contributed by atoms with E-state index in [1.165, 1.54) is 43.7 Å². The fraction of sp³-hybridized carbons (Fsp3) is 0.615. The Morgan fingerprint density at radius 1 is 1.10 bits per heavy atom. The molecular formula is C26H33NO2. The molecular weight excluding hydrogens is 358 g/mol. The molecule has 0 aliphatic heterocycles. The molecule has 1 aromatic heterocycles. The van der Waals surface area contributed by atoms with Crippen LogP contribution in [0.4, 0.5) is 0 Å². The number of hydrogen-bond donors (Lipinski definition) is 0. The molecule has 4 unspecified atom stereocenters. The summed E-state index contributed by atoms with van der Waals surface area (Å²) in [6.45, 7) is 6.56. The van der Waals surface area contributed by atoms with E-state index in [0.29, 0.717) is 0 Å². The predicted molar refractivity (Wildman–Crippen MR) is 115 cm³/mol. The van der Waals surface area contributed by atoms with Crippen molar-refractivity contribution in [1.82, 2.24) is 4.98 Å². The van der Waals surface area contributed by atoms with E-state index in [1.54, 1.807) is 5.57 Å². The van der Waals surface area contributed by atoms with Crippen LogP contribution in [0.15, 0.2) is 42.3 Å². The second-order valence-electron chi connectivity index (χ2n) is 10.3. The third-order valence-electron chi connectivity index (χ3n) is 8.94. The molecule has 1 heterocycles. The molecule has 3 heteroatoms. The monoisotopic (exact) mass is 391 g/mol. The van der Waals surface area contributed by atoms with E-state index >= 15 is 0 Å². The molecule has 6 atom stereocenters. The first kappa shape index (κ1) is 19.1. The number of carbonyl (C=O) groups is 1. The van der Waals surface area contributed by atoms with Crippen LogP contribution in [-0.2, 0) is 9.53 Å². The molecule has 2 saturated carbocycles. The number of pyridine rings is 1. The van der Waals surface area contributed by atoms with Crippen LogP contribution in [-0.4, -0.2) is 17.1 Å². The van der Waals surface area contributed by atoms with E-state index in [0.717, 1.165) is 37.0 Å². The Labute approximate surface area is 174 Å². The number of allylic oxidation sites excluding steroid dienone is 3. The summed E-state index contributed by atoms with van der Waals surface area (Å²) in [4.78, 5) is 15.8. The molecule has 3 nitrogen and oxygen atoms in total. The first-order valence-electron chi connectivity index (χ1n) is 11.4. The highest BCUT2D eigenvalue weighted by Crippen LogP contribution is 2.66. The quantitative estimate of drug-likeness (QED) is 0.460. The molecule has 0 spiro atoms. The zero-order valence-electron chi connectivity index (χ0n) is 18.0. The van der Waals surface area contributed by atoms with E-state index in [2.05, 4.69) is 43.1 Å². The van der Waals surface area contributed by atoms with Crippen LogP contribution in [0.3, 0.4) is 0 Å². The van der Waals surface area contributed by atoms with E-state index < -0.39 is 0 Å². The molecule has 2 fully saturated rings. The summed E-state index contributed by atoms with van der Waals surface area (Å²) >= 11 is 0. The highest BCUT2D eigenvalue weighted by molar-refractivity contribution is 5.72. The van der Waals surface area contributed by atoms with Crippen LogP contribution in [0.1, 0.15) is 71.3 Å². The number of aromatic nitrogens is 1. The van der Waals surface area contributed by atoms with Gasteiger partial charge in [0.15, 0.2) is 0 Å². The third-order valence-corrected chi connectivity index (χ3v) is 8.94. The Hall–Kier alpha value is -1.90. The van der Waals surface area contributed by atoms with Crippen molar-refractivity contribution in [2.45, 2.75) is 71.8 Å². The van der Waals surface area contributed by atoms with Gasteiger partial charge in [-0.05, 0) is 84.3 Å². The maximum Gasteiger partial charge on any atom is 0.302 e. The number of nitrogens with zero attached hydrogens (tertiary/aromatic N) is 1. The Kier molecular flexibility index (Phi) is 4.49. The van der Waals surface area contributed by atoms with Gasteiger partial charge in [-0.25, -0.2) is 0 Å². The van der Waals surface area contributed by atoms with Crippen molar-refractivity contribution in [3.05, 3.63) is 47.8 Å². The average molecular weight is 392 g/mol. The molecule has 154 valence electrons. The van der Waals surface area contributed by atoms with Crippen molar-refractivity contribution in [3.8, 4) is 0 Å². The minimum absolute atomic E-state index is 0.0857. The molecule has 0 amide bonds. The van der Waals surface area contributed by atoms with Gasteiger partial charge in [-0.3, -0.25) is 9.78 Å². The zero-order valence-corrected chi connectivity index (χ0v) is 18.0. The van der Waals surface area contributed by atoms with Gasteiger partial charge >= 0.3 is 5.97 Å². The number of fused-ring (bicyclic) bond motifs is 5. The molecule has 0 saturated heterocycles. The van der Waals surface area contributed by atoms with E-state index in [4.69, 9.17) is 4.74 Å². The number of carbonyl (C=O) groups excluding carboxylic acids is 1. The van der Waals surface area contributed by atoms with Crippen LogP contribution in [0.2, 0.25) is 0 Å². The summed E-state index contributed by atoms with van der Waals surface area (Å²) in [5.41, 5.74) is 4.99. The first-order valence-corrected chi connectivity index (χ1v) is 11.4. The van der Waals surface area contributed by atoms with Crippen LogP contribution in [0.5, 0.6) is 0 Å². The Balaban J connectivity index is 1.41. The molecule has 1 aromatic rings. The van der Waals surface area contributed by atoms with Gasteiger partial charge in [0.1, 0.15) is 6.10 Å². The topological polar surface area (TPSA) is 39.2 Å². The standard InChI is InChI=1S/C26H33NO2/c1-17(28)29-20-10-12-25(2)19(15-20)6-7-21-23-9-8-22(18-5-4-14-27-16-18)26(23,3)13-11-24(21)25/h4-6,8,14,16,20-21,23-24H,7,9-13,15H2,1-3H3/t20?,21-,23?,24?,25?,26+/m0/s1. The van der Waals surface area contributed by atoms with Crippen LogP contribution in [0.25, 0.3) is 5.57 Å². The average Bonchev–Trinajstić information content (AvgIpc) is 3.06. The van der Waals surface area contributed by atoms with Gasteiger partial charge in [0, 0.05) is 25.7 Å². The van der Waals surface area contributed by atoms with Crippen molar-refractivity contribution in [3.63, 3.8) is 0 Å². The summed E-state index contributed by atoms with van der Waals surface area (Å²) in [6.07, 6.45) is 17.1. The Morgan fingerprint density at radius 3 is 2.69 bits per heavy atom. The lowest BCUT2D eigenvalue weighted by molar-refractivity contribution is -0.148. The van der Waals surface area contributed by atoms with Gasteiger partial charge in [0.2, 0.25) is 0 Å². The van der Waals surface area contributed by atoms with E-state index in [9.17, 15) is 4.79 Å². The molecule has 4 aliphatic rings. The fourth-order valence-electron chi connectivity index (χ4n) is 7.50. The van der Waals surface area contributed by atoms with Crippen molar-refractivity contribution >= 4 is 11.5 Å². The Morgan fingerprint density at radius 2 is 1.93 bits per heavy atom. The summed E-state index contributed by atoms with van der Waals surface area (Å²) in [6, 6.07) is 4.30. The summed E-state index contributed by atoms with van der Waals surface area (Å²) in [5.74, 6) is 2.12. The molecule has 0 N–H and O–H groups in total. The van der Waals surface area contributed by atoms with Crippen molar-refractivity contribution < 1.29 is 9.53 Å². The predicted octanol–water partition coefficient (Wildman–Crippen LogP) is 5.97. The highest BCUT2D eigenvalue weighted by atomic mass is 16.5. The van der Waals surface area contributed by atoms with Gasteiger partial charge < -0.3 is 4.74 Å². The van der Waals surface area contributed by atoms with E-state index in [1.807, 2.05) is 12.4 Å². The van der Waals surface area contributed by atoms with Crippen molar-refractivity contribution in [1.29, 1.82) is 0 Å². The second kappa shape index (κ2) is 6.82. The lowest BCUT2D eigenvalue weighted by Gasteiger charge is -2.57. The lowest BCUT2D eigenvalue weighted by atomic mass is 9.47. The fourth-order valence-corrected chi connectivity index (χ4v) is 7.50. The number of ether oxygens (including phenoxy) is 1. The van der Waals surface area contributed by atoms with Crippen molar-refractivity contribution in [2.24, 2.45) is 28.6 Å². The summed E-state index contributed by atoms with van der Waals surface area (Å²) < 4.78 is 5.58. The first-order chi connectivity index (χ1) is 13.9. The minimum Gasteiger partial charge on any atom is -0.462 e. The van der Waals surface area contributed by atoms with Crippen LogP contribution in [0, 0.1) is 28.6 Å². The number of esters is 1.